The summed E-state index contributed by atoms with van der Waals surface area (Å²) < 4.78 is 0. The summed E-state index contributed by atoms with van der Waals surface area (Å²) in [6, 6.07) is 3.70. The third kappa shape index (κ3) is 2.74. The van der Waals surface area contributed by atoms with Crippen molar-refractivity contribution in [2.24, 2.45) is 5.73 Å². The van der Waals surface area contributed by atoms with Gasteiger partial charge in [0.25, 0.3) is 0 Å². The van der Waals surface area contributed by atoms with Crippen molar-refractivity contribution in [3.05, 3.63) is 40.6 Å². The second-order valence-electron chi connectivity index (χ2n) is 3.07. The Morgan fingerprint density at radius 1 is 1.44 bits per heavy atom. The van der Waals surface area contributed by atoms with Gasteiger partial charge in [0.15, 0.2) is 0 Å². The third-order valence-electron chi connectivity index (χ3n) is 1.94. The van der Waals surface area contributed by atoms with Gasteiger partial charge < -0.3 is 11.1 Å². The van der Waals surface area contributed by atoms with E-state index < -0.39 is 0 Å². The van der Waals surface area contributed by atoms with Crippen molar-refractivity contribution in [3.63, 3.8) is 0 Å². The van der Waals surface area contributed by atoms with E-state index in [1.807, 2.05) is 17.5 Å². The quantitative estimate of drug-likeness (QED) is 0.810. The molecular formula is C10H10N4S2. The molecule has 0 unspecified atom stereocenters. The summed E-state index contributed by atoms with van der Waals surface area (Å²) in [4.78, 5) is 8.55. The molecule has 0 bridgehead atoms. The lowest BCUT2D eigenvalue weighted by molar-refractivity contribution is 1.10. The third-order valence-corrected chi connectivity index (χ3v) is 2.93. The minimum absolute atomic E-state index is 0.304. The molecule has 6 heteroatoms. The lowest BCUT2D eigenvalue weighted by atomic mass is 10.3. The van der Waals surface area contributed by atoms with Crippen LogP contribution in [0.15, 0.2) is 29.9 Å². The van der Waals surface area contributed by atoms with Gasteiger partial charge in [-0.2, -0.15) is 0 Å². The Morgan fingerprint density at radius 2 is 2.31 bits per heavy atom. The van der Waals surface area contributed by atoms with E-state index in [4.69, 9.17) is 18.0 Å². The molecule has 0 aliphatic heterocycles. The smallest absolute Gasteiger partial charge is 0.122 e. The largest absolute Gasteiger partial charge is 0.388 e. The standard InChI is InChI=1S/C10H10N4S2/c11-10(15)8-5-7(1-2-12-8)14-6-9-13-3-4-16-9/h1-5H,6H2,(H2,11,15)(H,12,14). The minimum Gasteiger partial charge on any atom is -0.388 e. The number of rotatable bonds is 4. The van der Waals surface area contributed by atoms with E-state index in [1.165, 1.54) is 0 Å². The summed E-state index contributed by atoms with van der Waals surface area (Å²) >= 11 is 6.48. The van der Waals surface area contributed by atoms with Crippen LogP contribution < -0.4 is 11.1 Å². The SMILES string of the molecule is NC(=S)c1cc(NCc2nccs2)ccn1. The van der Waals surface area contributed by atoms with E-state index in [0.29, 0.717) is 17.2 Å². The molecule has 3 N–H and O–H groups in total. The molecule has 2 heterocycles. The van der Waals surface area contributed by atoms with Gasteiger partial charge in [-0.25, -0.2) is 4.98 Å². The van der Waals surface area contributed by atoms with Gasteiger partial charge in [0.05, 0.1) is 12.2 Å². The maximum atomic E-state index is 5.50. The van der Waals surface area contributed by atoms with E-state index in [1.54, 1.807) is 23.7 Å². The monoisotopic (exact) mass is 250 g/mol. The molecule has 0 atom stereocenters. The lowest BCUT2D eigenvalue weighted by Gasteiger charge is -2.05. The van der Waals surface area contributed by atoms with Crippen LogP contribution >= 0.6 is 23.6 Å². The molecule has 0 aliphatic rings. The van der Waals surface area contributed by atoms with E-state index in [2.05, 4.69) is 15.3 Å². The predicted molar refractivity (Wildman–Crippen MR) is 69.6 cm³/mol. The number of aromatic nitrogens is 2. The van der Waals surface area contributed by atoms with Crippen LogP contribution in [0.1, 0.15) is 10.7 Å². The number of pyridine rings is 1. The van der Waals surface area contributed by atoms with Gasteiger partial charge in [-0.15, -0.1) is 11.3 Å². The predicted octanol–water partition coefficient (Wildman–Crippen LogP) is 1.78. The zero-order valence-electron chi connectivity index (χ0n) is 8.38. The normalized spacial score (nSPS) is 10.0. The molecule has 0 saturated heterocycles. The Hall–Kier alpha value is -1.53. The van der Waals surface area contributed by atoms with Crippen LogP contribution in [-0.4, -0.2) is 15.0 Å². The van der Waals surface area contributed by atoms with Crippen LogP contribution in [-0.2, 0) is 6.54 Å². The van der Waals surface area contributed by atoms with Gasteiger partial charge in [-0.1, -0.05) is 12.2 Å². The van der Waals surface area contributed by atoms with E-state index in [-0.39, 0.29) is 0 Å². The van der Waals surface area contributed by atoms with Gasteiger partial charge in [0.2, 0.25) is 0 Å². The highest BCUT2D eigenvalue weighted by atomic mass is 32.1. The molecule has 82 valence electrons. The number of nitrogens with two attached hydrogens (primary N) is 1. The number of thiocarbonyl (C=S) groups is 1. The number of anilines is 1. The number of thiazole rings is 1. The van der Waals surface area contributed by atoms with Gasteiger partial charge in [0, 0.05) is 23.5 Å². The van der Waals surface area contributed by atoms with Crippen molar-refractivity contribution in [2.45, 2.75) is 6.54 Å². The molecule has 4 nitrogen and oxygen atoms in total. The first kappa shape index (κ1) is 11.0. The summed E-state index contributed by atoms with van der Waals surface area (Å²) in [5.74, 6) is 0. The molecular weight excluding hydrogens is 240 g/mol. The molecule has 2 rings (SSSR count). The fraction of sp³-hybridized carbons (Fsp3) is 0.100. The number of hydrogen-bond acceptors (Lipinski definition) is 5. The van der Waals surface area contributed by atoms with Crippen molar-refractivity contribution in [2.75, 3.05) is 5.32 Å². The molecule has 2 aromatic rings. The van der Waals surface area contributed by atoms with Crippen LogP contribution in [0, 0.1) is 0 Å². The molecule has 0 aromatic carbocycles. The van der Waals surface area contributed by atoms with Crippen molar-refractivity contribution >= 4 is 34.2 Å². The second kappa shape index (κ2) is 5.00. The lowest BCUT2D eigenvalue weighted by Crippen LogP contribution is -2.11. The summed E-state index contributed by atoms with van der Waals surface area (Å²) in [6.07, 6.45) is 3.47. The van der Waals surface area contributed by atoms with Crippen molar-refractivity contribution < 1.29 is 0 Å². The van der Waals surface area contributed by atoms with Gasteiger partial charge >= 0.3 is 0 Å². The first-order chi connectivity index (χ1) is 7.75. The average molecular weight is 250 g/mol. The maximum absolute atomic E-state index is 5.50. The number of hydrogen-bond donors (Lipinski definition) is 2. The Morgan fingerprint density at radius 3 is 3.00 bits per heavy atom. The van der Waals surface area contributed by atoms with Crippen molar-refractivity contribution in [1.29, 1.82) is 0 Å². The molecule has 16 heavy (non-hydrogen) atoms. The van der Waals surface area contributed by atoms with Crippen LogP contribution in [0.3, 0.4) is 0 Å². The first-order valence-electron chi connectivity index (χ1n) is 4.64. The first-order valence-corrected chi connectivity index (χ1v) is 5.92. The Kier molecular flexibility index (Phi) is 3.43. The van der Waals surface area contributed by atoms with Gasteiger partial charge in [0.1, 0.15) is 10.00 Å². The summed E-state index contributed by atoms with van der Waals surface area (Å²) in [5.41, 5.74) is 7.07. The highest BCUT2D eigenvalue weighted by Crippen LogP contribution is 2.11. The van der Waals surface area contributed by atoms with Crippen LogP contribution in [0.2, 0.25) is 0 Å². The number of nitrogens with one attached hydrogen (secondary N) is 1. The summed E-state index contributed by atoms with van der Waals surface area (Å²) in [6.45, 7) is 0.693. The molecule has 0 aliphatic carbocycles. The topological polar surface area (TPSA) is 63.8 Å². The zero-order valence-corrected chi connectivity index (χ0v) is 10.0. The highest BCUT2D eigenvalue weighted by molar-refractivity contribution is 7.80. The molecule has 0 saturated carbocycles. The van der Waals surface area contributed by atoms with Crippen LogP contribution in [0.5, 0.6) is 0 Å². The molecule has 2 aromatic heterocycles. The van der Waals surface area contributed by atoms with E-state index in [0.717, 1.165) is 10.7 Å². The highest BCUT2D eigenvalue weighted by Gasteiger charge is 2.00. The van der Waals surface area contributed by atoms with Crippen molar-refractivity contribution in [3.8, 4) is 0 Å². The van der Waals surface area contributed by atoms with E-state index in [9.17, 15) is 0 Å². The van der Waals surface area contributed by atoms with Crippen LogP contribution in [0.4, 0.5) is 5.69 Å². The second-order valence-corrected chi connectivity index (χ2v) is 4.49. The fourth-order valence-corrected chi connectivity index (χ4v) is 1.86. The van der Waals surface area contributed by atoms with E-state index >= 15 is 0 Å². The Labute approximate surface area is 103 Å². The minimum atomic E-state index is 0.304. The van der Waals surface area contributed by atoms with Gasteiger partial charge in [-0.3, -0.25) is 4.98 Å². The Balaban J connectivity index is 2.04. The van der Waals surface area contributed by atoms with Crippen molar-refractivity contribution in [1.82, 2.24) is 9.97 Å². The maximum Gasteiger partial charge on any atom is 0.122 e. The zero-order chi connectivity index (χ0) is 11.4. The molecule has 0 amide bonds. The molecule has 0 fully saturated rings. The van der Waals surface area contributed by atoms with Crippen LogP contribution in [0.25, 0.3) is 0 Å². The molecule has 0 spiro atoms. The molecule has 0 radical (unpaired) electrons. The van der Waals surface area contributed by atoms with Gasteiger partial charge in [-0.05, 0) is 12.1 Å². The summed E-state index contributed by atoms with van der Waals surface area (Å²) in [5, 5.41) is 6.22. The number of nitrogens with zero attached hydrogens (tertiary/aromatic N) is 2. The fourth-order valence-electron chi connectivity index (χ4n) is 1.19. The average Bonchev–Trinajstić information content (AvgIpc) is 2.79. The summed E-state index contributed by atoms with van der Waals surface area (Å²) in [7, 11) is 0. The Bertz CT molecular complexity index is 481.